The monoisotopic (exact) mass is 736 g/mol. The van der Waals surface area contributed by atoms with Gasteiger partial charge in [-0.2, -0.15) is 0 Å². The Hall–Kier alpha value is -6.59. The van der Waals surface area contributed by atoms with Gasteiger partial charge in [0.05, 0.1) is 10.2 Å². The first-order valence-corrected chi connectivity index (χ1v) is 20.2. The van der Waals surface area contributed by atoms with E-state index in [1.54, 1.807) is 11.3 Å². The van der Waals surface area contributed by atoms with Crippen molar-refractivity contribution < 1.29 is 0 Å². The fourth-order valence-corrected chi connectivity index (χ4v) is 10.3. The van der Waals surface area contributed by atoms with E-state index < -0.39 is 0 Å². The van der Waals surface area contributed by atoms with Crippen LogP contribution >= 0.6 is 22.7 Å². The molecule has 0 fully saturated rings. The maximum Gasteiger partial charge on any atom is 0.124 e. The molecule has 0 saturated heterocycles. The quantitative estimate of drug-likeness (QED) is 0.158. The number of hydrogen-bond donors (Lipinski definition) is 0. The molecule has 0 N–H and O–H groups in total. The molecule has 11 aromatic rings. The molecular formula is C51H32N2S2. The minimum Gasteiger partial charge on any atom is -0.310 e. The van der Waals surface area contributed by atoms with Gasteiger partial charge in [0.25, 0.3) is 0 Å². The summed E-state index contributed by atoms with van der Waals surface area (Å²) < 4.78 is 3.85. The van der Waals surface area contributed by atoms with Gasteiger partial charge in [-0.1, -0.05) is 133 Å². The average Bonchev–Trinajstić information content (AvgIpc) is 3.86. The summed E-state index contributed by atoms with van der Waals surface area (Å²) in [5.74, 6) is 0. The van der Waals surface area contributed by atoms with Gasteiger partial charge in [0.2, 0.25) is 0 Å². The van der Waals surface area contributed by atoms with Gasteiger partial charge in [-0.05, 0) is 104 Å². The number of hydrogen-bond acceptors (Lipinski definition) is 4. The van der Waals surface area contributed by atoms with E-state index in [9.17, 15) is 0 Å². The minimum absolute atomic E-state index is 1.06. The number of thiophene rings is 1. The number of aromatic nitrogens is 1. The SMILES string of the molecule is c1ccc(-c2cccc(N(c3ccc(-c4ccc5sc6ccc7nc(-c8ccccc8)sc7c6c5c4)cc3)c3ccc4c(ccc5ccccc54)c3)c2)cc1. The maximum atomic E-state index is 5.05. The fraction of sp³-hybridized carbons (Fsp3) is 0. The molecule has 11 rings (SSSR count). The lowest BCUT2D eigenvalue weighted by Crippen LogP contribution is -2.10. The molecule has 0 atom stereocenters. The Balaban J connectivity index is 1.02. The van der Waals surface area contributed by atoms with Gasteiger partial charge in [0, 0.05) is 42.8 Å². The first-order chi connectivity index (χ1) is 27.2. The summed E-state index contributed by atoms with van der Waals surface area (Å²) in [6, 6.07) is 70.4. The topological polar surface area (TPSA) is 16.1 Å². The number of anilines is 3. The van der Waals surface area contributed by atoms with E-state index in [0.717, 1.165) is 33.1 Å². The normalized spacial score (nSPS) is 11.6. The highest BCUT2D eigenvalue weighted by atomic mass is 32.1. The molecule has 0 radical (unpaired) electrons. The average molecular weight is 737 g/mol. The molecule has 2 nitrogen and oxygen atoms in total. The van der Waals surface area contributed by atoms with Crippen LogP contribution in [0.4, 0.5) is 17.1 Å². The number of nitrogens with zero attached hydrogens (tertiary/aromatic N) is 2. The summed E-state index contributed by atoms with van der Waals surface area (Å²) in [4.78, 5) is 7.43. The Morgan fingerprint density at radius 1 is 0.364 bits per heavy atom. The van der Waals surface area contributed by atoms with E-state index in [1.807, 2.05) is 11.3 Å². The lowest BCUT2D eigenvalue weighted by atomic mass is 10.00. The molecule has 55 heavy (non-hydrogen) atoms. The molecule has 258 valence electrons. The number of rotatable bonds is 6. The third kappa shape index (κ3) is 5.58. The zero-order valence-electron chi connectivity index (χ0n) is 29.7. The van der Waals surface area contributed by atoms with Crippen molar-refractivity contribution in [3.05, 3.63) is 194 Å². The molecule has 0 bridgehead atoms. The molecule has 0 aliphatic carbocycles. The standard InChI is InChI=1S/C51H32N2S2/c1-3-10-33(11-4-1)37-15-9-16-41(30-37)53(42-25-26-44-39(31-42)19-18-35-12-7-8-17-43(35)44)40-23-20-34(21-24-40)38-22-28-47-45(32-38)49-48(54-47)29-27-46-50(49)55-51(52-46)36-13-5-2-6-14-36/h1-32H. The molecule has 0 spiro atoms. The van der Waals surface area contributed by atoms with Gasteiger partial charge < -0.3 is 4.90 Å². The van der Waals surface area contributed by atoms with Gasteiger partial charge >= 0.3 is 0 Å². The lowest BCUT2D eigenvalue weighted by Gasteiger charge is -2.27. The predicted molar refractivity (Wildman–Crippen MR) is 239 cm³/mol. The van der Waals surface area contributed by atoms with E-state index in [2.05, 4.69) is 199 Å². The van der Waals surface area contributed by atoms with Crippen LogP contribution in [0, 0.1) is 0 Å². The molecule has 0 aliphatic rings. The van der Waals surface area contributed by atoms with Gasteiger partial charge in [-0.3, -0.25) is 0 Å². The van der Waals surface area contributed by atoms with Gasteiger partial charge in [0.1, 0.15) is 5.01 Å². The Morgan fingerprint density at radius 2 is 1.00 bits per heavy atom. The zero-order valence-corrected chi connectivity index (χ0v) is 31.3. The first kappa shape index (κ1) is 31.9. The second-order valence-corrected chi connectivity index (χ2v) is 16.1. The molecule has 0 saturated carbocycles. The van der Waals surface area contributed by atoms with E-state index in [1.165, 1.54) is 68.7 Å². The van der Waals surface area contributed by atoms with Crippen LogP contribution in [0.1, 0.15) is 0 Å². The second kappa shape index (κ2) is 13.1. The summed E-state index contributed by atoms with van der Waals surface area (Å²) in [5.41, 5.74) is 10.4. The highest BCUT2D eigenvalue weighted by Gasteiger charge is 2.17. The zero-order chi connectivity index (χ0) is 36.3. The molecular weight excluding hydrogens is 705 g/mol. The van der Waals surface area contributed by atoms with Crippen molar-refractivity contribution in [2.75, 3.05) is 4.90 Å². The summed E-state index contributed by atoms with van der Waals surface area (Å²) in [6.45, 7) is 0. The Bertz CT molecular complexity index is 3200. The molecule has 4 heteroatoms. The van der Waals surface area contributed by atoms with Crippen molar-refractivity contribution in [2.24, 2.45) is 0 Å². The van der Waals surface area contributed by atoms with Gasteiger partial charge in [-0.15, -0.1) is 22.7 Å². The van der Waals surface area contributed by atoms with Crippen molar-refractivity contribution in [1.29, 1.82) is 0 Å². The van der Waals surface area contributed by atoms with Crippen LogP contribution in [0.25, 0.3) is 84.8 Å². The van der Waals surface area contributed by atoms with Crippen molar-refractivity contribution in [3.8, 4) is 32.8 Å². The first-order valence-electron chi connectivity index (χ1n) is 18.5. The number of fused-ring (bicyclic) bond motifs is 8. The smallest absolute Gasteiger partial charge is 0.124 e. The Morgan fingerprint density at radius 3 is 1.85 bits per heavy atom. The second-order valence-electron chi connectivity index (χ2n) is 14.0. The van der Waals surface area contributed by atoms with Crippen LogP contribution in [-0.2, 0) is 0 Å². The van der Waals surface area contributed by atoms with Crippen molar-refractivity contribution in [1.82, 2.24) is 4.98 Å². The van der Waals surface area contributed by atoms with Crippen molar-refractivity contribution in [2.45, 2.75) is 0 Å². The predicted octanol–water partition coefficient (Wildman–Crippen LogP) is 15.4. The summed E-state index contributed by atoms with van der Waals surface area (Å²) in [5, 5.41) is 8.68. The third-order valence-corrected chi connectivity index (χ3v) is 12.9. The summed E-state index contributed by atoms with van der Waals surface area (Å²) in [7, 11) is 0. The van der Waals surface area contributed by atoms with Crippen LogP contribution in [0.15, 0.2) is 194 Å². The van der Waals surface area contributed by atoms with Crippen molar-refractivity contribution >= 4 is 91.7 Å². The highest BCUT2D eigenvalue weighted by molar-refractivity contribution is 7.28. The van der Waals surface area contributed by atoms with E-state index in [4.69, 9.17) is 4.98 Å². The molecule has 0 unspecified atom stereocenters. The van der Waals surface area contributed by atoms with Crippen LogP contribution in [0.2, 0.25) is 0 Å². The van der Waals surface area contributed by atoms with E-state index in [-0.39, 0.29) is 0 Å². The number of thiazole rings is 1. The van der Waals surface area contributed by atoms with Crippen LogP contribution < -0.4 is 4.90 Å². The summed E-state index contributed by atoms with van der Waals surface area (Å²) >= 11 is 3.65. The Kier molecular flexibility index (Phi) is 7.58. The highest BCUT2D eigenvalue weighted by Crippen LogP contribution is 2.44. The van der Waals surface area contributed by atoms with Crippen LogP contribution in [0.3, 0.4) is 0 Å². The van der Waals surface area contributed by atoms with Crippen LogP contribution in [0.5, 0.6) is 0 Å². The van der Waals surface area contributed by atoms with Gasteiger partial charge in [0.15, 0.2) is 0 Å². The molecule has 0 aliphatic heterocycles. The number of benzene rings is 9. The molecule has 0 amide bonds. The summed E-state index contributed by atoms with van der Waals surface area (Å²) in [6.07, 6.45) is 0. The maximum absolute atomic E-state index is 5.05. The fourth-order valence-electron chi connectivity index (χ4n) is 7.98. The minimum atomic E-state index is 1.06. The molecule has 9 aromatic carbocycles. The van der Waals surface area contributed by atoms with Gasteiger partial charge in [-0.25, -0.2) is 4.98 Å². The van der Waals surface area contributed by atoms with E-state index in [0.29, 0.717) is 0 Å². The van der Waals surface area contributed by atoms with Crippen molar-refractivity contribution in [3.63, 3.8) is 0 Å². The lowest BCUT2D eigenvalue weighted by molar-refractivity contribution is 1.29. The molecule has 2 heterocycles. The molecule has 2 aromatic heterocycles. The van der Waals surface area contributed by atoms with E-state index >= 15 is 0 Å². The van der Waals surface area contributed by atoms with Crippen LogP contribution in [-0.4, -0.2) is 4.98 Å². The Labute approximate surface area is 326 Å². The largest absolute Gasteiger partial charge is 0.310 e. The third-order valence-electron chi connectivity index (χ3n) is 10.7.